The van der Waals surface area contributed by atoms with Gasteiger partial charge in [0.15, 0.2) is 17.3 Å². The number of fused-ring (bicyclic) bond motifs is 1. The lowest BCUT2D eigenvalue weighted by atomic mass is 10.1. The van der Waals surface area contributed by atoms with E-state index in [1.54, 1.807) is 24.8 Å². The summed E-state index contributed by atoms with van der Waals surface area (Å²) in [6.07, 6.45) is -1.14. The number of rotatable bonds is 10. The van der Waals surface area contributed by atoms with Crippen LogP contribution in [0.5, 0.6) is 5.75 Å². The molecule has 294 valence electrons. The number of carbonyl (C=O) groups is 2. The number of benzene rings is 1. The first-order valence-electron chi connectivity index (χ1n) is 19.0. The predicted molar refractivity (Wildman–Crippen MR) is 203 cm³/mol. The van der Waals surface area contributed by atoms with E-state index in [4.69, 9.17) is 12.2 Å². The minimum atomic E-state index is -4.59. The normalized spacial score (nSPS) is 16.6. The minimum absolute atomic E-state index is 0.0186. The van der Waals surface area contributed by atoms with Gasteiger partial charge < -0.3 is 29.2 Å². The second-order valence-corrected chi connectivity index (χ2v) is 14.1. The molecule has 0 spiro atoms. The zero-order chi connectivity index (χ0) is 41.4. The fourth-order valence-electron chi connectivity index (χ4n) is 6.76. The Kier molecular flexibility index (Phi) is 10.4. The van der Waals surface area contributed by atoms with E-state index in [9.17, 15) is 27.6 Å². The summed E-state index contributed by atoms with van der Waals surface area (Å²) in [5.41, 5.74) is 1.27. The number of anilines is 2. The highest BCUT2D eigenvalue weighted by Crippen LogP contribution is 2.39. The van der Waals surface area contributed by atoms with E-state index in [-0.39, 0.29) is 104 Å². The molecule has 0 radical (unpaired) electrons. The molecule has 4 aromatic heterocycles. The smallest absolute Gasteiger partial charge is 0.417 e. The van der Waals surface area contributed by atoms with Crippen LogP contribution in [0, 0.1) is 13.8 Å². The second kappa shape index (κ2) is 16.2. The number of aromatic nitrogens is 6. The highest BCUT2D eigenvalue weighted by atomic mass is 32.1. The van der Waals surface area contributed by atoms with Gasteiger partial charge in [0, 0.05) is 38.1 Å². The summed E-state index contributed by atoms with van der Waals surface area (Å²) < 4.78 is 70.7. The zero-order valence-corrected chi connectivity index (χ0v) is 31.7. The van der Waals surface area contributed by atoms with Crippen LogP contribution in [0.25, 0.3) is 11.4 Å². The van der Waals surface area contributed by atoms with E-state index in [0.717, 1.165) is 26.8 Å². The van der Waals surface area contributed by atoms with Crippen LogP contribution in [0.4, 0.5) is 23.9 Å². The van der Waals surface area contributed by atoms with Crippen molar-refractivity contribution in [1.82, 2.24) is 34.0 Å². The van der Waals surface area contributed by atoms with Crippen LogP contribution in [0.1, 0.15) is 66.9 Å². The van der Waals surface area contributed by atoms with Crippen molar-refractivity contribution in [1.29, 1.82) is 0 Å². The molecule has 0 unspecified atom stereocenters. The standard InChI is InChI=1S/C38H40F3N9O5S/c1-4-28-31(47-13-15-48(16-14-47)35(52)30-32(24(3)42-22-43-30)55-20-25-9-6-5-7-10-25)36(53)50-37(45-33(46-50)26-11-8-17-54-18-12-26)49(28)19-29(51)44-34-23(2)27(21-56-34)38(39,40)41/h5-7,9-10,12,21-22H,4,8,11,13-20H2,1-3H3,(H,44,51)/i17D2. The molecule has 0 bridgehead atoms. The number of amides is 2. The van der Waals surface area contributed by atoms with E-state index < -0.39 is 36.3 Å². The Bertz CT molecular complexity index is 2450. The summed E-state index contributed by atoms with van der Waals surface area (Å²) in [5.74, 6) is -0.557. The number of hydrogen-bond acceptors (Lipinski definition) is 11. The van der Waals surface area contributed by atoms with Gasteiger partial charge in [0.2, 0.25) is 11.7 Å². The Labute approximate surface area is 326 Å². The Morgan fingerprint density at radius 2 is 1.88 bits per heavy atom. The SMILES string of the molecule is [2H]C1([2H])CCC(c2nc3n(CC(=O)Nc4scc(C(F)(F)F)c4C)c(CC)c(N4CCN(C(=O)c5ncnc(C)c5OCc5ccccc5)CC4)c(=O)n3n2)=CCO1. The molecule has 14 nitrogen and oxygen atoms in total. The molecule has 5 aromatic rings. The molecule has 2 aliphatic heterocycles. The van der Waals surface area contributed by atoms with Gasteiger partial charge >= 0.3 is 6.18 Å². The van der Waals surface area contributed by atoms with Crippen molar-refractivity contribution in [2.24, 2.45) is 0 Å². The molecule has 1 saturated heterocycles. The number of thiophene rings is 1. The molecule has 2 aliphatic rings. The second-order valence-electron chi connectivity index (χ2n) is 13.2. The van der Waals surface area contributed by atoms with E-state index in [0.29, 0.717) is 17.0 Å². The molecule has 18 heteroatoms. The molecule has 6 heterocycles. The number of nitrogens with zero attached hydrogens (tertiary/aromatic N) is 8. The van der Waals surface area contributed by atoms with E-state index in [2.05, 4.69) is 25.4 Å². The predicted octanol–water partition coefficient (Wildman–Crippen LogP) is 5.31. The fourth-order valence-corrected chi connectivity index (χ4v) is 7.76. The van der Waals surface area contributed by atoms with Crippen LogP contribution in [-0.2, 0) is 35.3 Å². The van der Waals surface area contributed by atoms with Gasteiger partial charge in [-0.05, 0) is 49.8 Å². The number of alkyl halides is 3. The van der Waals surface area contributed by atoms with Gasteiger partial charge in [0.25, 0.3) is 11.5 Å². The van der Waals surface area contributed by atoms with Crippen LogP contribution in [0.3, 0.4) is 0 Å². The van der Waals surface area contributed by atoms with Gasteiger partial charge in [0.1, 0.15) is 25.2 Å². The average Bonchev–Trinajstić information content (AvgIpc) is 3.75. The van der Waals surface area contributed by atoms with Crippen LogP contribution < -0.4 is 20.5 Å². The van der Waals surface area contributed by atoms with Crippen molar-refractivity contribution in [3.05, 3.63) is 98.1 Å². The maximum atomic E-state index is 14.4. The fraction of sp³-hybridized carbons (Fsp3) is 0.395. The van der Waals surface area contributed by atoms with Crippen molar-refractivity contribution in [3.63, 3.8) is 0 Å². The van der Waals surface area contributed by atoms with Gasteiger partial charge in [-0.1, -0.05) is 43.3 Å². The highest BCUT2D eigenvalue weighted by Gasteiger charge is 2.35. The number of piperazine rings is 1. The highest BCUT2D eigenvalue weighted by molar-refractivity contribution is 7.14. The summed E-state index contributed by atoms with van der Waals surface area (Å²) >= 11 is 0.762. The molecule has 1 fully saturated rings. The third kappa shape index (κ3) is 7.88. The lowest BCUT2D eigenvalue weighted by Gasteiger charge is -2.36. The van der Waals surface area contributed by atoms with E-state index in [1.807, 2.05) is 35.2 Å². The Hall–Kier alpha value is -5.62. The molecule has 7 rings (SSSR count). The number of nitrogens with one attached hydrogen (secondary N) is 1. The van der Waals surface area contributed by atoms with Crippen LogP contribution in [0.15, 0.2) is 52.9 Å². The van der Waals surface area contributed by atoms with Gasteiger partial charge in [0.05, 0.1) is 31.3 Å². The van der Waals surface area contributed by atoms with Gasteiger partial charge in [-0.2, -0.15) is 22.7 Å². The Balaban J connectivity index is 1.19. The number of hydrogen-bond donors (Lipinski definition) is 1. The van der Waals surface area contributed by atoms with E-state index in [1.165, 1.54) is 17.8 Å². The lowest BCUT2D eigenvalue weighted by Crippen LogP contribution is -2.51. The van der Waals surface area contributed by atoms with Gasteiger partial charge in [-0.25, -0.2) is 9.97 Å². The summed E-state index contributed by atoms with van der Waals surface area (Å²) in [5, 5.41) is 8.14. The lowest BCUT2D eigenvalue weighted by molar-refractivity contribution is -0.137. The molecule has 56 heavy (non-hydrogen) atoms. The maximum Gasteiger partial charge on any atom is 0.417 e. The summed E-state index contributed by atoms with van der Waals surface area (Å²) in [6, 6.07) is 9.49. The van der Waals surface area contributed by atoms with Gasteiger partial charge in [-0.3, -0.25) is 14.4 Å². The molecule has 0 saturated carbocycles. The number of ether oxygens (including phenoxy) is 2. The summed E-state index contributed by atoms with van der Waals surface area (Å²) in [7, 11) is 0. The van der Waals surface area contributed by atoms with Crippen LogP contribution >= 0.6 is 11.3 Å². The topological polar surface area (TPSA) is 149 Å². The molecule has 1 aromatic carbocycles. The number of aryl methyl sites for hydroxylation is 1. The molecule has 0 aliphatic carbocycles. The summed E-state index contributed by atoms with van der Waals surface area (Å²) in [4.78, 5) is 58.6. The maximum absolute atomic E-state index is 14.4. The third-order valence-corrected chi connectivity index (χ3v) is 10.6. The molecule has 0 atom stereocenters. The molecular formula is C38H40F3N9O5S. The largest absolute Gasteiger partial charge is 0.485 e. The van der Waals surface area contributed by atoms with Crippen LogP contribution in [0.2, 0.25) is 0 Å². The molecule has 2 amide bonds. The Morgan fingerprint density at radius 3 is 2.59 bits per heavy atom. The first-order chi connectivity index (χ1) is 27.6. The number of halogens is 3. The first kappa shape index (κ1) is 36.0. The van der Waals surface area contributed by atoms with Crippen molar-refractivity contribution >= 4 is 45.2 Å². The van der Waals surface area contributed by atoms with Crippen LogP contribution in [-0.4, -0.2) is 85.2 Å². The van der Waals surface area contributed by atoms with Crippen molar-refractivity contribution in [3.8, 4) is 5.75 Å². The minimum Gasteiger partial charge on any atom is -0.485 e. The number of allylic oxidation sites excluding steroid dienone is 1. The quantitative estimate of drug-likeness (QED) is 0.197. The molecule has 1 N–H and O–H groups in total. The first-order valence-corrected chi connectivity index (χ1v) is 18.9. The van der Waals surface area contributed by atoms with Crippen molar-refractivity contribution in [2.45, 2.75) is 59.4 Å². The number of carbonyl (C=O) groups excluding carboxylic acids is 2. The van der Waals surface area contributed by atoms with Crippen molar-refractivity contribution < 1.29 is 35.0 Å². The summed E-state index contributed by atoms with van der Waals surface area (Å²) in [6.45, 7) is 3.56. The monoisotopic (exact) mass is 793 g/mol. The third-order valence-electron chi connectivity index (χ3n) is 9.65. The van der Waals surface area contributed by atoms with Crippen molar-refractivity contribution in [2.75, 3.05) is 49.6 Å². The molecular weight excluding hydrogens is 752 g/mol. The van der Waals surface area contributed by atoms with Gasteiger partial charge in [-0.15, -0.1) is 16.4 Å². The Morgan fingerprint density at radius 1 is 1.11 bits per heavy atom. The average molecular weight is 794 g/mol. The zero-order valence-electron chi connectivity index (χ0n) is 32.9. The van der Waals surface area contributed by atoms with E-state index >= 15 is 0 Å².